The first kappa shape index (κ1) is 30.3. The van der Waals surface area contributed by atoms with Crippen molar-refractivity contribution in [2.45, 2.75) is 0 Å². The monoisotopic (exact) mass is 690 g/mol. The fraction of sp³-hybridized carbons (Fsp3) is 0. The minimum absolute atomic E-state index is 0.554. The number of furan rings is 1. The molecule has 11 aromatic rings. The first-order valence-electron chi connectivity index (χ1n) is 18.1. The normalized spacial score (nSPS) is 11.7. The van der Waals surface area contributed by atoms with Gasteiger partial charge < -0.3 is 4.42 Å². The SMILES string of the molecule is c1ccc(-c2ccc(-c3nc(-c4ccccc4)nc(-n4c5ccc6ccccc6c5c5cccc(-c6ccc7c(c6)oc6ccccc67)c54)n3)cc2)cc1. The fourth-order valence-electron chi connectivity index (χ4n) is 7.92. The number of nitrogens with zero attached hydrogens (tertiary/aromatic N) is 4. The highest BCUT2D eigenvalue weighted by atomic mass is 16.3. The van der Waals surface area contributed by atoms with Crippen molar-refractivity contribution in [1.29, 1.82) is 0 Å². The molecule has 5 heteroatoms. The lowest BCUT2D eigenvalue weighted by atomic mass is 9.99. The largest absolute Gasteiger partial charge is 0.456 e. The number of benzene rings is 8. The summed E-state index contributed by atoms with van der Waals surface area (Å²) in [6.45, 7) is 0. The first-order valence-corrected chi connectivity index (χ1v) is 18.1. The molecule has 0 saturated heterocycles. The van der Waals surface area contributed by atoms with Gasteiger partial charge in [-0.3, -0.25) is 4.57 Å². The third-order valence-electron chi connectivity index (χ3n) is 10.5. The van der Waals surface area contributed by atoms with Crippen LogP contribution in [0.3, 0.4) is 0 Å². The molecule has 0 radical (unpaired) electrons. The number of hydrogen-bond donors (Lipinski definition) is 0. The summed E-state index contributed by atoms with van der Waals surface area (Å²) in [5, 5.41) is 6.85. The van der Waals surface area contributed by atoms with Gasteiger partial charge in [0.2, 0.25) is 5.95 Å². The summed E-state index contributed by atoms with van der Waals surface area (Å²) in [5.41, 5.74) is 10.0. The molecule has 0 unspecified atom stereocenters. The molecule has 0 saturated carbocycles. The Labute approximate surface area is 310 Å². The Bertz CT molecular complexity index is 3200. The van der Waals surface area contributed by atoms with E-state index in [4.69, 9.17) is 19.4 Å². The number of hydrogen-bond acceptors (Lipinski definition) is 4. The third-order valence-corrected chi connectivity index (χ3v) is 10.5. The number of fused-ring (bicyclic) bond motifs is 8. The first-order chi connectivity index (χ1) is 26.8. The second kappa shape index (κ2) is 12.1. The van der Waals surface area contributed by atoms with E-state index < -0.39 is 0 Å². The van der Waals surface area contributed by atoms with Crippen LogP contribution < -0.4 is 0 Å². The highest BCUT2D eigenvalue weighted by molar-refractivity contribution is 6.23. The zero-order chi connectivity index (χ0) is 35.6. The van der Waals surface area contributed by atoms with Gasteiger partial charge in [-0.05, 0) is 51.7 Å². The molecule has 0 aliphatic rings. The van der Waals surface area contributed by atoms with E-state index in [0.717, 1.165) is 77.1 Å². The minimum atomic E-state index is 0.554. The van der Waals surface area contributed by atoms with Crippen LogP contribution >= 0.6 is 0 Å². The van der Waals surface area contributed by atoms with Crippen molar-refractivity contribution >= 4 is 54.5 Å². The van der Waals surface area contributed by atoms with E-state index in [0.29, 0.717) is 17.6 Å². The Hall–Kier alpha value is -7.37. The number of rotatable bonds is 5. The summed E-state index contributed by atoms with van der Waals surface area (Å²) < 4.78 is 8.61. The molecule has 11 rings (SSSR count). The number of aromatic nitrogens is 4. The Morgan fingerprint density at radius 3 is 1.78 bits per heavy atom. The van der Waals surface area contributed by atoms with Crippen LogP contribution in [0.4, 0.5) is 0 Å². The molecule has 0 spiro atoms. The van der Waals surface area contributed by atoms with Crippen molar-refractivity contribution < 1.29 is 4.42 Å². The fourth-order valence-corrected chi connectivity index (χ4v) is 7.92. The van der Waals surface area contributed by atoms with E-state index in [2.05, 4.69) is 150 Å². The van der Waals surface area contributed by atoms with Gasteiger partial charge >= 0.3 is 0 Å². The molecule has 0 aliphatic heterocycles. The molecular formula is C49H30N4O. The summed E-state index contributed by atoms with van der Waals surface area (Å²) in [6.07, 6.45) is 0. The molecule has 252 valence electrons. The van der Waals surface area contributed by atoms with Gasteiger partial charge in [0.05, 0.1) is 11.0 Å². The van der Waals surface area contributed by atoms with Crippen LogP contribution in [0.2, 0.25) is 0 Å². The van der Waals surface area contributed by atoms with Crippen molar-refractivity contribution in [1.82, 2.24) is 19.5 Å². The average Bonchev–Trinajstić information content (AvgIpc) is 3.80. The molecule has 0 atom stereocenters. The smallest absolute Gasteiger partial charge is 0.238 e. The second-order valence-corrected chi connectivity index (χ2v) is 13.6. The van der Waals surface area contributed by atoms with Crippen LogP contribution in [0.25, 0.3) is 105 Å². The van der Waals surface area contributed by atoms with Gasteiger partial charge in [-0.2, -0.15) is 9.97 Å². The lowest BCUT2D eigenvalue weighted by molar-refractivity contribution is 0.669. The molecule has 3 heterocycles. The average molecular weight is 691 g/mol. The molecule has 54 heavy (non-hydrogen) atoms. The molecule has 0 bridgehead atoms. The summed E-state index contributed by atoms with van der Waals surface area (Å²) in [5.74, 6) is 1.77. The molecule has 0 aliphatic carbocycles. The van der Waals surface area contributed by atoms with Crippen LogP contribution in [0, 0.1) is 0 Å². The molecule has 0 fully saturated rings. The van der Waals surface area contributed by atoms with Crippen LogP contribution in [0.15, 0.2) is 186 Å². The van der Waals surface area contributed by atoms with E-state index in [9.17, 15) is 0 Å². The summed E-state index contributed by atoms with van der Waals surface area (Å²) in [6, 6.07) is 63.3. The maximum atomic E-state index is 6.38. The van der Waals surface area contributed by atoms with Crippen LogP contribution in [-0.4, -0.2) is 19.5 Å². The van der Waals surface area contributed by atoms with Crippen molar-refractivity contribution in [3.63, 3.8) is 0 Å². The van der Waals surface area contributed by atoms with Gasteiger partial charge in [-0.15, -0.1) is 0 Å². The van der Waals surface area contributed by atoms with Gasteiger partial charge in [0, 0.05) is 38.2 Å². The predicted octanol–water partition coefficient (Wildman–Crippen LogP) is 12.7. The van der Waals surface area contributed by atoms with E-state index in [1.54, 1.807) is 0 Å². The molecule has 0 amide bonds. The van der Waals surface area contributed by atoms with Gasteiger partial charge in [0.25, 0.3) is 0 Å². The lowest BCUT2D eigenvalue weighted by Gasteiger charge is -2.13. The van der Waals surface area contributed by atoms with Crippen LogP contribution in [-0.2, 0) is 0 Å². The molecular weight excluding hydrogens is 661 g/mol. The van der Waals surface area contributed by atoms with Crippen molar-refractivity contribution in [3.8, 4) is 51.0 Å². The molecule has 8 aromatic carbocycles. The van der Waals surface area contributed by atoms with Gasteiger partial charge in [-0.25, -0.2) is 4.98 Å². The zero-order valence-electron chi connectivity index (χ0n) is 29.0. The molecule has 0 N–H and O–H groups in total. The summed E-state index contributed by atoms with van der Waals surface area (Å²) in [4.78, 5) is 15.6. The van der Waals surface area contributed by atoms with E-state index in [1.165, 1.54) is 10.8 Å². The maximum Gasteiger partial charge on any atom is 0.238 e. The topological polar surface area (TPSA) is 56.7 Å². The Kier molecular flexibility index (Phi) is 6.79. The molecule has 3 aromatic heterocycles. The molecule has 5 nitrogen and oxygen atoms in total. The van der Waals surface area contributed by atoms with E-state index in [-0.39, 0.29) is 0 Å². The summed E-state index contributed by atoms with van der Waals surface area (Å²) >= 11 is 0. The van der Waals surface area contributed by atoms with Crippen LogP contribution in [0.5, 0.6) is 0 Å². The van der Waals surface area contributed by atoms with Gasteiger partial charge in [-0.1, -0.05) is 158 Å². The summed E-state index contributed by atoms with van der Waals surface area (Å²) in [7, 11) is 0. The third kappa shape index (κ3) is 4.83. The highest BCUT2D eigenvalue weighted by Gasteiger charge is 2.22. The van der Waals surface area contributed by atoms with Gasteiger partial charge in [0.15, 0.2) is 11.6 Å². The van der Waals surface area contributed by atoms with Crippen molar-refractivity contribution in [2.24, 2.45) is 0 Å². The lowest BCUT2D eigenvalue weighted by Crippen LogP contribution is -2.07. The second-order valence-electron chi connectivity index (χ2n) is 13.6. The predicted molar refractivity (Wildman–Crippen MR) is 221 cm³/mol. The maximum absolute atomic E-state index is 6.38. The zero-order valence-corrected chi connectivity index (χ0v) is 29.0. The Morgan fingerprint density at radius 1 is 0.389 bits per heavy atom. The highest BCUT2D eigenvalue weighted by Crippen LogP contribution is 2.42. The van der Waals surface area contributed by atoms with Gasteiger partial charge in [0.1, 0.15) is 11.2 Å². The Morgan fingerprint density at radius 2 is 0.981 bits per heavy atom. The van der Waals surface area contributed by atoms with E-state index >= 15 is 0 Å². The van der Waals surface area contributed by atoms with Crippen molar-refractivity contribution in [2.75, 3.05) is 0 Å². The Balaban J connectivity index is 1.20. The standard InChI is InChI=1S/C49H30N4O/c1-3-12-31(13-4-1)32-22-24-35(25-23-32)48-50-47(34-15-5-2-6-16-34)51-49(52-48)53-42-29-27-33-14-7-8-17-37(33)45(42)41-20-11-19-38(46(41)53)36-26-28-40-39-18-9-10-21-43(39)54-44(40)30-36/h1-30H. The van der Waals surface area contributed by atoms with Crippen LogP contribution in [0.1, 0.15) is 0 Å². The minimum Gasteiger partial charge on any atom is -0.456 e. The van der Waals surface area contributed by atoms with Crippen molar-refractivity contribution in [3.05, 3.63) is 182 Å². The number of para-hydroxylation sites is 2. The van der Waals surface area contributed by atoms with E-state index in [1.807, 2.05) is 36.4 Å². The quantitative estimate of drug-likeness (QED) is 0.180.